The zero-order valence-corrected chi connectivity index (χ0v) is 19.4. The van der Waals surface area contributed by atoms with Crippen LogP contribution in [0.2, 0.25) is 0 Å². The van der Waals surface area contributed by atoms with Crippen LogP contribution in [0.25, 0.3) is 0 Å². The van der Waals surface area contributed by atoms with E-state index in [1.54, 1.807) is 0 Å². The van der Waals surface area contributed by atoms with Crippen LogP contribution in [0.3, 0.4) is 0 Å². The number of halogens is 1. The predicted octanol–water partition coefficient (Wildman–Crippen LogP) is 1.79. The molecule has 2 atom stereocenters. The van der Waals surface area contributed by atoms with Crippen molar-refractivity contribution in [3.05, 3.63) is 53.5 Å². The second kappa shape index (κ2) is 10.1. The number of sulfonamides is 1. The fourth-order valence-electron chi connectivity index (χ4n) is 4.25. The molecule has 0 aliphatic carbocycles. The molecule has 11 heteroatoms. The van der Waals surface area contributed by atoms with Gasteiger partial charge in [-0.2, -0.15) is 4.72 Å². The molecule has 3 heterocycles. The summed E-state index contributed by atoms with van der Waals surface area (Å²) in [5, 5.41) is 12.8. The first-order valence-corrected chi connectivity index (χ1v) is 12.7. The monoisotopic (exact) mass is 490 g/mol. The molecule has 9 nitrogen and oxygen atoms in total. The number of nitrogens with one attached hydrogen (secondary N) is 2. The van der Waals surface area contributed by atoms with E-state index in [0.29, 0.717) is 13.0 Å². The Bertz CT molecular complexity index is 1170. The number of pyridine rings is 1. The minimum Gasteiger partial charge on any atom is -0.480 e. The summed E-state index contributed by atoms with van der Waals surface area (Å²) in [6.07, 6.45) is 4.30. The van der Waals surface area contributed by atoms with Crippen molar-refractivity contribution in [2.24, 2.45) is 5.92 Å². The Labute approximate surface area is 197 Å². The molecule has 1 amide bonds. The highest BCUT2D eigenvalue weighted by atomic mass is 32.2. The maximum Gasteiger partial charge on any atom is 0.323 e. The van der Waals surface area contributed by atoms with Gasteiger partial charge in [-0.25, -0.2) is 17.8 Å². The summed E-state index contributed by atoms with van der Waals surface area (Å²) >= 11 is 0. The van der Waals surface area contributed by atoms with Crippen LogP contribution < -0.4 is 10.0 Å². The average molecular weight is 491 g/mol. The molecule has 182 valence electrons. The lowest BCUT2D eigenvalue weighted by molar-refractivity contribution is -0.150. The number of hydrogen-bond acceptors (Lipinski definition) is 6. The molecule has 0 bridgehead atoms. The number of fused-ring (bicyclic) bond motifs is 1. The van der Waals surface area contributed by atoms with E-state index < -0.39 is 27.9 Å². The lowest BCUT2D eigenvalue weighted by atomic mass is 9.91. The van der Waals surface area contributed by atoms with Gasteiger partial charge in [0.15, 0.2) is 0 Å². The van der Waals surface area contributed by atoms with Gasteiger partial charge in [-0.3, -0.25) is 9.59 Å². The summed E-state index contributed by atoms with van der Waals surface area (Å²) in [5.41, 5.74) is 2.20. The van der Waals surface area contributed by atoms with E-state index in [0.717, 1.165) is 68.0 Å². The number of carboxylic acids is 1. The number of likely N-dealkylation sites (tertiary alicyclic amines) is 1. The summed E-state index contributed by atoms with van der Waals surface area (Å²) in [6.45, 7) is 1.02. The van der Waals surface area contributed by atoms with Crippen LogP contribution in [-0.4, -0.2) is 61.0 Å². The van der Waals surface area contributed by atoms with E-state index in [2.05, 4.69) is 21.1 Å². The van der Waals surface area contributed by atoms with Gasteiger partial charge in [-0.15, -0.1) is 0 Å². The van der Waals surface area contributed by atoms with Crippen molar-refractivity contribution >= 4 is 27.7 Å². The van der Waals surface area contributed by atoms with Crippen LogP contribution in [0.15, 0.2) is 41.3 Å². The normalized spacial score (nSPS) is 18.6. The van der Waals surface area contributed by atoms with Crippen molar-refractivity contribution in [3.8, 4) is 0 Å². The van der Waals surface area contributed by atoms with Gasteiger partial charge in [-0.1, -0.05) is 6.07 Å². The third-order valence-electron chi connectivity index (χ3n) is 6.16. The fraction of sp³-hybridized carbons (Fsp3) is 0.435. The number of amides is 1. The van der Waals surface area contributed by atoms with E-state index in [-0.39, 0.29) is 23.3 Å². The number of anilines is 1. The highest BCUT2D eigenvalue weighted by molar-refractivity contribution is 7.89. The van der Waals surface area contributed by atoms with Crippen molar-refractivity contribution in [2.75, 3.05) is 25.0 Å². The van der Waals surface area contributed by atoms with Crippen LogP contribution in [0.1, 0.15) is 30.5 Å². The molecule has 0 saturated carbocycles. The standard InChI is InChI=1S/C23H27FN4O5S/c24-17-7-10-19(11-8-17)34(32,33)27-20(23(30)31)14-28-13-16(22(28)29)3-1-5-18-9-6-15-4-2-12-25-21(15)26-18/h6-11,16,20,27H,1-5,12-14H2,(H,25,26)(H,30,31)/t16?,20-/m0/s1. The number of hydrogen-bond donors (Lipinski definition) is 3. The molecule has 3 N–H and O–H groups in total. The number of aromatic nitrogens is 1. The summed E-state index contributed by atoms with van der Waals surface area (Å²) in [4.78, 5) is 29.9. The number of benzene rings is 1. The Morgan fingerprint density at radius 2 is 2.03 bits per heavy atom. The van der Waals surface area contributed by atoms with Gasteiger partial charge < -0.3 is 15.3 Å². The van der Waals surface area contributed by atoms with E-state index in [4.69, 9.17) is 0 Å². The van der Waals surface area contributed by atoms with Crippen LogP contribution in [0.5, 0.6) is 0 Å². The predicted molar refractivity (Wildman–Crippen MR) is 122 cm³/mol. The highest BCUT2D eigenvalue weighted by Crippen LogP contribution is 2.25. The highest BCUT2D eigenvalue weighted by Gasteiger charge is 2.39. The lowest BCUT2D eigenvalue weighted by Gasteiger charge is -2.40. The molecule has 1 unspecified atom stereocenters. The van der Waals surface area contributed by atoms with Gasteiger partial charge in [0.25, 0.3) is 0 Å². The second-order valence-corrected chi connectivity index (χ2v) is 10.4. The number of β-lactam (4-membered cyclic amide) rings is 1. The lowest BCUT2D eigenvalue weighted by Crippen LogP contribution is -2.58. The number of carboxylic acid groups (broad SMARTS) is 1. The first kappa shape index (κ1) is 24.1. The van der Waals surface area contributed by atoms with Crippen molar-refractivity contribution in [2.45, 2.75) is 43.0 Å². The molecule has 1 saturated heterocycles. The number of rotatable bonds is 10. The fourth-order valence-corrected chi connectivity index (χ4v) is 5.43. The smallest absolute Gasteiger partial charge is 0.323 e. The van der Waals surface area contributed by atoms with Gasteiger partial charge in [0.05, 0.1) is 10.8 Å². The third kappa shape index (κ3) is 5.53. The maximum absolute atomic E-state index is 13.1. The van der Waals surface area contributed by atoms with Gasteiger partial charge >= 0.3 is 5.97 Å². The number of aryl methyl sites for hydroxylation is 2. The first-order chi connectivity index (χ1) is 16.2. The molecule has 2 aromatic rings. The Morgan fingerprint density at radius 3 is 2.74 bits per heavy atom. The van der Waals surface area contributed by atoms with Gasteiger partial charge in [0.1, 0.15) is 17.7 Å². The molecule has 1 fully saturated rings. The SMILES string of the molecule is O=C(O)[C@H](CN1CC(CCCc2ccc3c(n2)NCCC3)C1=O)NS(=O)(=O)c1ccc(F)cc1. The van der Waals surface area contributed by atoms with E-state index in [1.165, 1.54) is 10.5 Å². The second-order valence-electron chi connectivity index (χ2n) is 8.64. The van der Waals surface area contributed by atoms with Crippen molar-refractivity contribution in [1.82, 2.24) is 14.6 Å². The number of aliphatic carboxylic acids is 1. The Balaban J connectivity index is 1.26. The van der Waals surface area contributed by atoms with Crippen LogP contribution >= 0.6 is 0 Å². The average Bonchev–Trinajstić information content (AvgIpc) is 2.82. The third-order valence-corrected chi connectivity index (χ3v) is 7.65. The van der Waals surface area contributed by atoms with Gasteiger partial charge in [-0.05, 0) is 68.0 Å². The summed E-state index contributed by atoms with van der Waals surface area (Å²) in [6, 6.07) is 6.66. The molecule has 34 heavy (non-hydrogen) atoms. The maximum atomic E-state index is 13.1. The van der Waals surface area contributed by atoms with Gasteiger partial charge in [0, 0.05) is 25.3 Å². The van der Waals surface area contributed by atoms with E-state index in [1.807, 2.05) is 6.07 Å². The summed E-state index contributed by atoms with van der Waals surface area (Å²) in [5.74, 6) is -1.46. The van der Waals surface area contributed by atoms with Gasteiger partial charge in [0.2, 0.25) is 15.9 Å². The molecule has 0 radical (unpaired) electrons. The summed E-state index contributed by atoms with van der Waals surface area (Å²) < 4.78 is 40.1. The zero-order valence-electron chi connectivity index (χ0n) is 18.5. The largest absolute Gasteiger partial charge is 0.480 e. The molecule has 0 spiro atoms. The Morgan fingerprint density at radius 1 is 1.26 bits per heavy atom. The Kier molecular flexibility index (Phi) is 7.13. The van der Waals surface area contributed by atoms with E-state index >= 15 is 0 Å². The van der Waals surface area contributed by atoms with Crippen LogP contribution in [-0.2, 0) is 32.5 Å². The molecule has 2 aliphatic heterocycles. The number of carbonyl (C=O) groups excluding carboxylic acids is 1. The minimum absolute atomic E-state index is 0.188. The summed E-state index contributed by atoms with van der Waals surface area (Å²) in [7, 11) is -4.18. The van der Waals surface area contributed by atoms with Crippen LogP contribution in [0, 0.1) is 11.7 Å². The van der Waals surface area contributed by atoms with Crippen molar-refractivity contribution < 1.29 is 27.5 Å². The molecule has 1 aromatic heterocycles. The van der Waals surface area contributed by atoms with Crippen molar-refractivity contribution in [3.63, 3.8) is 0 Å². The molecule has 1 aromatic carbocycles. The zero-order chi connectivity index (χ0) is 24.3. The number of nitrogens with zero attached hydrogens (tertiary/aromatic N) is 2. The quantitative estimate of drug-likeness (QED) is 0.433. The van der Waals surface area contributed by atoms with Crippen LogP contribution in [0.4, 0.5) is 10.2 Å². The van der Waals surface area contributed by atoms with Crippen molar-refractivity contribution in [1.29, 1.82) is 0 Å². The number of carbonyl (C=O) groups is 2. The molecule has 2 aliphatic rings. The first-order valence-electron chi connectivity index (χ1n) is 11.2. The molecular weight excluding hydrogens is 463 g/mol. The van der Waals surface area contributed by atoms with E-state index in [9.17, 15) is 27.5 Å². The minimum atomic E-state index is -4.18. The Hall–Kier alpha value is -3.05. The topological polar surface area (TPSA) is 129 Å². The molecular formula is C23H27FN4O5S. The molecule has 4 rings (SSSR count).